The zero-order valence-corrected chi connectivity index (χ0v) is 14.8. The molecule has 2 heterocycles. The first-order valence-electron chi connectivity index (χ1n) is 9.10. The maximum atomic E-state index is 10.6. The van der Waals surface area contributed by atoms with Gasteiger partial charge < -0.3 is 14.6 Å². The van der Waals surface area contributed by atoms with E-state index < -0.39 is 6.10 Å². The molecule has 4 nitrogen and oxygen atoms in total. The second-order valence-corrected chi connectivity index (χ2v) is 7.59. The lowest BCUT2D eigenvalue weighted by Crippen LogP contribution is -2.40. The molecule has 1 aromatic heterocycles. The molecule has 1 aliphatic carbocycles. The van der Waals surface area contributed by atoms with Crippen LogP contribution in [0.3, 0.4) is 0 Å². The minimum absolute atomic E-state index is 0.341. The molecule has 1 aliphatic heterocycles. The molecular formula is C19H31N3O. The summed E-state index contributed by atoms with van der Waals surface area (Å²) >= 11 is 0. The number of aryl methyl sites for hydroxylation is 1. The number of imidazole rings is 1. The molecule has 1 fully saturated rings. The van der Waals surface area contributed by atoms with Gasteiger partial charge in [0.2, 0.25) is 0 Å². The van der Waals surface area contributed by atoms with E-state index in [0.29, 0.717) is 5.92 Å². The van der Waals surface area contributed by atoms with Gasteiger partial charge in [-0.2, -0.15) is 0 Å². The van der Waals surface area contributed by atoms with E-state index in [1.54, 1.807) is 11.8 Å². The number of hydrogen-bond acceptors (Lipinski definition) is 3. The third-order valence-electron chi connectivity index (χ3n) is 6.02. The van der Waals surface area contributed by atoms with Gasteiger partial charge in [-0.25, -0.2) is 4.98 Å². The van der Waals surface area contributed by atoms with Crippen molar-refractivity contribution in [3.8, 4) is 0 Å². The molecule has 0 unspecified atom stereocenters. The molecule has 1 aromatic rings. The van der Waals surface area contributed by atoms with Crippen LogP contribution in [0.25, 0.3) is 0 Å². The van der Waals surface area contributed by atoms with Crippen LogP contribution >= 0.6 is 0 Å². The zero-order chi connectivity index (χ0) is 16.4. The van der Waals surface area contributed by atoms with Crippen LogP contribution in [0.1, 0.15) is 51.5 Å². The Hall–Kier alpha value is -1.13. The van der Waals surface area contributed by atoms with E-state index in [-0.39, 0.29) is 0 Å². The number of aliphatic hydroxyl groups excluding tert-OH is 1. The van der Waals surface area contributed by atoms with Gasteiger partial charge in [0.25, 0.3) is 0 Å². The molecule has 0 bridgehead atoms. The molecule has 0 spiro atoms. The number of aromatic nitrogens is 2. The van der Waals surface area contributed by atoms with Crippen LogP contribution in [0.5, 0.6) is 0 Å². The molecule has 1 N–H and O–H groups in total. The van der Waals surface area contributed by atoms with Gasteiger partial charge in [0.1, 0.15) is 11.9 Å². The monoisotopic (exact) mass is 317 g/mol. The van der Waals surface area contributed by atoms with E-state index >= 15 is 0 Å². The first-order chi connectivity index (χ1) is 11.1. The highest BCUT2D eigenvalue weighted by molar-refractivity contribution is 5.09. The summed E-state index contributed by atoms with van der Waals surface area (Å²) in [4.78, 5) is 6.92. The maximum Gasteiger partial charge on any atom is 0.137 e. The van der Waals surface area contributed by atoms with Crippen molar-refractivity contribution in [2.75, 3.05) is 19.6 Å². The molecule has 4 heteroatoms. The van der Waals surface area contributed by atoms with E-state index in [0.717, 1.165) is 43.6 Å². The summed E-state index contributed by atoms with van der Waals surface area (Å²) in [6.45, 7) is 8.09. The fourth-order valence-electron chi connectivity index (χ4n) is 4.30. The molecular weight excluding hydrogens is 286 g/mol. The van der Waals surface area contributed by atoms with Crippen molar-refractivity contribution in [3.63, 3.8) is 0 Å². The highest BCUT2D eigenvalue weighted by Crippen LogP contribution is 2.34. The second-order valence-electron chi connectivity index (χ2n) is 7.59. The van der Waals surface area contributed by atoms with Crippen molar-refractivity contribution in [2.45, 2.75) is 45.6 Å². The highest BCUT2D eigenvalue weighted by atomic mass is 16.3. The Bertz CT molecular complexity index is 543. The Balaban J connectivity index is 1.53. The van der Waals surface area contributed by atoms with E-state index in [1.807, 2.05) is 17.8 Å². The molecule has 1 saturated heterocycles. The largest absolute Gasteiger partial charge is 0.385 e. The number of hydrogen-bond donors (Lipinski definition) is 1. The van der Waals surface area contributed by atoms with Gasteiger partial charge in [-0.3, -0.25) is 0 Å². The summed E-state index contributed by atoms with van der Waals surface area (Å²) in [7, 11) is 1.96. The van der Waals surface area contributed by atoms with Gasteiger partial charge in [-0.05, 0) is 63.5 Å². The Morgan fingerprint density at radius 3 is 2.65 bits per heavy atom. The van der Waals surface area contributed by atoms with Crippen LogP contribution < -0.4 is 0 Å². The summed E-state index contributed by atoms with van der Waals surface area (Å²) in [6, 6.07) is 0. The van der Waals surface area contributed by atoms with Gasteiger partial charge in [0.05, 0.1) is 0 Å². The van der Waals surface area contributed by atoms with Gasteiger partial charge in [-0.15, -0.1) is 0 Å². The summed E-state index contributed by atoms with van der Waals surface area (Å²) in [5, 5.41) is 10.6. The third kappa shape index (κ3) is 3.69. The Kier molecular flexibility index (Phi) is 5.22. The fourth-order valence-corrected chi connectivity index (χ4v) is 4.30. The van der Waals surface area contributed by atoms with Crippen LogP contribution in [-0.4, -0.2) is 39.2 Å². The molecule has 23 heavy (non-hydrogen) atoms. The van der Waals surface area contributed by atoms with Gasteiger partial charge in [-0.1, -0.05) is 18.6 Å². The molecule has 3 atom stereocenters. The maximum absolute atomic E-state index is 10.6. The minimum atomic E-state index is -0.424. The SMILES string of the molecule is CC1=CCC[C@H](C)[C@H]1CN1CCC([C@H](O)c2nccn2C)CC1. The van der Waals surface area contributed by atoms with Crippen molar-refractivity contribution in [1.29, 1.82) is 0 Å². The lowest BCUT2D eigenvalue weighted by atomic mass is 9.79. The Labute approximate surface area is 140 Å². The van der Waals surface area contributed by atoms with Crippen LogP contribution in [0.4, 0.5) is 0 Å². The number of aliphatic hydroxyl groups is 1. The Morgan fingerprint density at radius 2 is 2.04 bits per heavy atom. The molecule has 0 radical (unpaired) electrons. The fraction of sp³-hybridized carbons (Fsp3) is 0.737. The molecule has 3 rings (SSSR count). The molecule has 128 valence electrons. The molecule has 0 aromatic carbocycles. The summed E-state index contributed by atoms with van der Waals surface area (Å²) in [6.07, 6.45) is 10.4. The van der Waals surface area contributed by atoms with Gasteiger partial charge in [0.15, 0.2) is 0 Å². The number of allylic oxidation sites excluding steroid dienone is 1. The number of rotatable bonds is 4. The van der Waals surface area contributed by atoms with Crippen molar-refractivity contribution in [1.82, 2.24) is 14.5 Å². The molecule has 0 saturated carbocycles. The first-order valence-corrected chi connectivity index (χ1v) is 9.10. The summed E-state index contributed by atoms with van der Waals surface area (Å²) in [5.41, 5.74) is 1.58. The highest BCUT2D eigenvalue weighted by Gasteiger charge is 2.30. The van der Waals surface area contributed by atoms with Crippen LogP contribution in [0, 0.1) is 17.8 Å². The standard InChI is InChI=1S/C19H31N3O/c1-14-5-4-6-15(2)17(14)13-22-10-7-16(8-11-22)18(23)19-20-9-12-21(19)3/h5,9,12,15-18,23H,4,6-8,10-11,13H2,1-3H3/t15-,17-,18-/m0/s1. The van der Waals surface area contributed by atoms with Gasteiger partial charge >= 0.3 is 0 Å². The van der Waals surface area contributed by atoms with Crippen LogP contribution in [-0.2, 0) is 7.05 Å². The summed E-state index contributed by atoms with van der Waals surface area (Å²) < 4.78 is 1.94. The molecule has 0 amide bonds. The van der Waals surface area contributed by atoms with Crippen molar-refractivity contribution in [2.24, 2.45) is 24.8 Å². The van der Waals surface area contributed by atoms with E-state index in [1.165, 1.54) is 19.4 Å². The van der Waals surface area contributed by atoms with Crippen molar-refractivity contribution in [3.05, 3.63) is 29.9 Å². The average molecular weight is 317 g/mol. The van der Waals surface area contributed by atoms with Crippen molar-refractivity contribution < 1.29 is 5.11 Å². The number of likely N-dealkylation sites (tertiary alicyclic amines) is 1. The first kappa shape index (κ1) is 16.7. The predicted octanol–water partition coefficient (Wildman–Crippen LogP) is 3.16. The topological polar surface area (TPSA) is 41.3 Å². The number of nitrogens with zero attached hydrogens (tertiary/aromatic N) is 3. The third-order valence-corrected chi connectivity index (χ3v) is 6.02. The van der Waals surface area contributed by atoms with Crippen molar-refractivity contribution >= 4 is 0 Å². The van der Waals surface area contributed by atoms with E-state index in [9.17, 15) is 5.11 Å². The smallest absolute Gasteiger partial charge is 0.137 e. The minimum Gasteiger partial charge on any atom is -0.385 e. The summed E-state index contributed by atoms with van der Waals surface area (Å²) in [5.74, 6) is 2.67. The van der Waals surface area contributed by atoms with Crippen LogP contribution in [0.2, 0.25) is 0 Å². The lowest BCUT2D eigenvalue weighted by Gasteiger charge is -2.38. The quantitative estimate of drug-likeness (QED) is 0.867. The number of piperidine rings is 1. The normalized spacial score (nSPS) is 28.6. The van der Waals surface area contributed by atoms with E-state index in [4.69, 9.17) is 0 Å². The average Bonchev–Trinajstić information content (AvgIpc) is 2.97. The van der Waals surface area contributed by atoms with E-state index in [2.05, 4.69) is 29.8 Å². The second kappa shape index (κ2) is 7.18. The zero-order valence-electron chi connectivity index (χ0n) is 14.8. The van der Waals surface area contributed by atoms with Crippen LogP contribution in [0.15, 0.2) is 24.0 Å². The predicted molar refractivity (Wildman–Crippen MR) is 93.0 cm³/mol. The molecule has 2 aliphatic rings. The Morgan fingerprint density at radius 1 is 1.30 bits per heavy atom. The van der Waals surface area contributed by atoms with Gasteiger partial charge in [0, 0.05) is 26.0 Å². The lowest BCUT2D eigenvalue weighted by molar-refractivity contribution is 0.0457.